The van der Waals surface area contributed by atoms with Crippen LogP contribution >= 0.6 is 11.9 Å². The van der Waals surface area contributed by atoms with Gasteiger partial charge in [0.05, 0.1) is 6.04 Å². The average Bonchev–Trinajstić information content (AvgIpc) is 2.35. The second-order valence-electron chi connectivity index (χ2n) is 4.40. The molecule has 98 valence electrons. The second-order valence-corrected chi connectivity index (χ2v) is 5.48. The van der Waals surface area contributed by atoms with Crippen molar-refractivity contribution in [1.29, 1.82) is 0 Å². The van der Waals surface area contributed by atoms with Gasteiger partial charge in [0.2, 0.25) is 0 Å². The summed E-state index contributed by atoms with van der Waals surface area (Å²) in [5, 5.41) is 0. The summed E-state index contributed by atoms with van der Waals surface area (Å²) in [5.74, 6) is 1.18. The molecule has 0 N–H and O–H groups in total. The summed E-state index contributed by atoms with van der Waals surface area (Å²) in [5.41, 5.74) is 1.48. The Hall–Kier alpha value is -0.410. The van der Waals surface area contributed by atoms with Gasteiger partial charge in [-0.2, -0.15) is 0 Å². The van der Waals surface area contributed by atoms with Crippen LogP contribution in [0.4, 0.5) is 0 Å². The lowest BCUT2D eigenvalue weighted by atomic mass is 10.0. The van der Waals surface area contributed by atoms with Crippen molar-refractivity contribution in [2.45, 2.75) is 40.2 Å². The maximum atomic E-state index is 2.48. The molecule has 0 spiro atoms. The Bertz CT molecular complexity index is 269. The minimum atomic E-state index is 0.585. The largest absolute Gasteiger partial charge is 0.316 e. The van der Waals surface area contributed by atoms with Crippen LogP contribution in [0.25, 0.3) is 0 Å². The lowest BCUT2D eigenvalue weighted by Gasteiger charge is -2.32. The highest BCUT2D eigenvalue weighted by Crippen LogP contribution is 2.25. The molecule has 17 heavy (non-hydrogen) atoms. The molecule has 0 amide bonds. The number of rotatable bonds is 7. The molecule has 0 aromatic heterocycles. The lowest BCUT2D eigenvalue weighted by molar-refractivity contribution is 0.322. The number of hydrogen-bond acceptors (Lipinski definition) is 3. The van der Waals surface area contributed by atoms with E-state index in [-0.39, 0.29) is 0 Å². The summed E-state index contributed by atoms with van der Waals surface area (Å²) >= 11 is 1.96. The first-order valence-corrected chi connectivity index (χ1v) is 7.65. The molecule has 0 aliphatic carbocycles. The van der Waals surface area contributed by atoms with Crippen molar-refractivity contribution in [3.8, 4) is 0 Å². The lowest BCUT2D eigenvalue weighted by Crippen LogP contribution is -2.30. The van der Waals surface area contributed by atoms with Gasteiger partial charge in [0.25, 0.3) is 0 Å². The van der Waals surface area contributed by atoms with Gasteiger partial charge in [0.1, 0.15) is 0 Å². The Labute approximate surface area is 111 Å². The number of allylic oxidation sites excluding steroid dienone is 2. The number of hydrogen-bond donors (Lipinski definition) is 0. The van der Waals surface area contributed by atoms with Gasteiger partial charge < -0.3 is 9.21 Å². The quantitative estimate of drug-likeness (QED) is 0.642. The zero-order chi connectivity index (χ0) is 12.7. The van der Waals surface area contributed by atoms with E-state index in [2.05, 4.69) is 55.3 Å². The van der Waals surface area contributed by atoms with E-state index >= 15 is 0 Å². The SMILES string of the molecule is CCC1C(C)=CC=CN1SCCN(CC)CC. The molecular weight excluding hydrogens is 228 g/mol. The highest BCUT2D eigenvalue weighted by Gasteiger charge is 2.17. The zero-order valence-electron chi connectivity index (χ0n) is 11.6. The predicted molar refractivity (Wildman–Crippen MR) is 79.1 cm³/mol. The average molecular weight is 254 g/mol. The monoisotopic (exact) mass is 254 g/mol. The van der Waals surface area contributed by atoms with Crippen LogP contribution in [-0.2, 0) is 0 Å². The normalized spacial score (nSPS) is 19.9. The Morgan fingerprint density at radius 3 is 2.59 bits per heavy atom. The molecule has 0 aromatic carbocycles. The third-order valence-electron chi connectivity index (χ3n) is 3.35. The van der Waals surface area contributed by atoms with Crippen molar-refractivity contribution in [3.05, 3.63) is 23.9 Å². The molecule has 1 heterocycles. The Morgan fingerprint density at radius 1 is 1.29 bits per heavy atom. The van der Waals surface area contributed by atoms with Gasteiger partial charge in [-0.3, -0.25) is 0 Å². The first kappa shape index (κ1) is 14.7. The molecule has 0 fully saturated rings. The van der Waals surface area contributed by atoms with E-state index in [0.29, 0.717) is 6.04 Å². The predicted octanol–water partition coefficient (Wildman–Crippen LogP) is 3.53. The smallest absolute Gasteiger partial charge is 0.0606 e. The van der Waals surface area contributed by atoms with Crippen molar-refractivity contribution in [3.63, 3.8) is 0 Å². The summed E-state index contributed by atoms with van der Waals surface area (Å²) in [6, 6.07) is 0.585. The van der Waals surface area contributed by atoms with E-state index in [0.717, 1.165) is 13.1 Å². The van der Waals surface area contributed by atoms with Gasteiger partial charge in [-0.15, -0.1) is 0 Å². The van der Waals surface area contributed by atoms with E-state index in [1.807, 2.05) is 11.9 Å². The van der Waals surface area contributed by atoms with Gasteiger partial charge in [0.15, 0.2) is 0 Å². The zero-order valence-corrected chi connectivity index (χ0v) is 12.5. The van der Waals surface area contributed by atoms with E-state index in [4.69, 9.17) is 0 Å². The van der Waals surface area contributed by atoms with Crippen LogP contribution < -0.4 is 0 Å². The first-order chi connectivity index (χ1) is 8.22. The van der Waals surface area contributed by atoms with Crippen molar-refractivity contribution in [1.82, 2.24) is 9.21 Å². The van der Waals surface area contributed by atoms with Gasteiger partial charge in [-0.25, -0.2) is 0 Å². The fourth-order valence-corrected chi connectivity index (χ4v) is 3.35. The van der Waals surface area contributed by atoms with Crippen LogP contribution in [0.15, 0.2) is 23.9 Å². The van der Waals surface area contributed by atoms with Crippen LogP contribution in [0.5, 0.6) is 0 Å². The van der Waals surface area contributed by atoms with Crippen LogP contribution in [0.3, 0.4) is 0 Å². The standard InChI is InChI=1S/C14H26N2S/c1-5-14-13(4)9-8-10-16(14)17-12-11-15(6-2)7-3/h8-10,14H,5-7,11-12H2,1-4H3. The van der Waals surface area contributed by atoms with Crippen LogP contribution in [0.1, 0.15) is 34.1 Å². The van der Waals surface area contributed by atoms with E-state index in [9.17, 15) is 0 Å². The Balaban J connectivity index is 2.36. The molecule has 2 nitrogen and oxygen atoms in total. The van der Waals surface area contributed by atoms with Crippen molar-refractivity contribution >= 4 is 11.9 Å². The minimum Gasteiger partial charge on any atom is -0.316 e. The fourth-order valence-electron chi connectivity index (χ4n) is 2.15. The van der Waals surface area contributed by atoms with Crippen LogP contribution in [0.2, 0.25) is 0 Å². The number of nitrogens with zero attached hydrogens (tertiary/aromatic N) is 2. The molecule has 0 saturated carbocycles. The third kappa shape index (κ3) is 4.40. The maximum absolute atomic E-state index is 2.48. The second kappa shape index (κ2) is 7.83. The minimum absolute atomic E-state index is 0.585. The molecule has 0 aromatic rings. The molecule has 1 unspecified atom stereocenters. The Morgan fingerprint density at radius 2 is 2.00 bits per heavy atom. The fraction of sp³-hybridized carbons (Fsp3) is 0.714. The van der Waals surface area contributed by atoms with E-state index in [1.165, 1.54) is 24.3 Å². The van der Waals surface area contributed by atoms with E-state index < -0.39 is 0 Å². The summed E-state index contributed by atoms with van der Waals surface area (Å²) in [4.78, 5) is 2.48. The Kier molecular flexibility index (Phi) is 6.75. The maximum Gasteiger partial charge on any atom is 0.0606 e. The molecule has 0 radical (unpaired) electrons. The summed E-state index contributed by atoms with van der Waals surface area (Å²) in [6.07, 6.45) is 7.79. The molecular formula is C14H26N2S. The van der Waals surface area contributed by atoms with Crippen molar-refractivity contribution < 1.29 is 0 Å². The topological polar surface area (TPSA) is 6.48 Å². The first-order valence-electron chi connectivity index (χ1n) is 6.71. The van der Waals surface area contributed by atoms with Crippen LogP contribution in [-0.4, -0.2) is 40.6 Å². The van der Waals surface area contributed by atoms with Gasteiger partial charge in [0, 0.05) is 18.5 Å². The van der Waals surface area contributed by atoms with Crippen molar-refractivity contribution in [2.24, 2.45) is 0 Å². The summed E-state index contributed by atoms with van der Waals surface area (Å²) < 4.78 is 2.42. The van der Waals surface area contributed by atoms with Gasteiger partial charge >= 0.3 is 0 Å². The highest BCUT2D eigenvalue weighted by molar-refractivity contribution is 7.97. The molecule has 1 rings (SSSR count). The van der Waals surface area contributed by atoms with Crippen LogP contribution in [0, 0.1) is 0 Å². The molecule has 1 atom stereocenters. The van der Waals surface area contributed by atoms with Gasteiger partial charge in [-0.05, 0) is 50.0 Å². The van der Waals surface area contributed by atoms with Crippen molar-refractivity contribution in [2.75, 3.05) is 25.4 Å². The molecule has 1 aliphatic heterocycles. The summed E-state index contributed by atoms with van der Waals surface area (Å²) in [7, 11) is 0. The molecule has 0 bridgehead atoms. The van der Waals surface area contributed by atoms with Gasteiger partial charge in [-0.1, -0.05) is 26.8 Å². The molecule has 3 heteroatoms. The summed E-state index contributed by atoms with van der Waals surface area (Å²) in [6.45, 7) is 12.5. The molecule has 1 aliphatic rings. The highest BCUT2D eigenvalue weighted by atomic mass is 32.2. The third-order valence-corrected chi connectivity index (χ3v) is 4.39. The molecule has 0 saturated heterocycles. The van der Waals surface area contributed by atoms with E-state index in [1.54, 1.807) is 0 Å².